The van der Waals surface area contributed by atoms with Gasteiger partial charge in [-0.1, -0.05) is 11.5 Å². The van der Waals surface area contributed by atoms with Crippen LogP contribution in [-0.4, -0.2) is 40.5 Å². The number of hydrogen-bond acceptors (Lipinski definition) is 8. The van der Waals surface area contributed by atoms with Crippen LogP contribution in [-0.2, 0) is 23.2 Å². The van der Waals surface area contributed by atoms with E-state index >= 15 is 0 Å². The first-order chi connectivity index (χ1) is 27.2. The van der Waals surface area contributed by atoms with Gasteiger partial charge in [-0.15, -0.1) is 0 Å². The summed E-state index contributed by atoms with van der Waals surface area (Å²) in [7, 11) is 3.98. The number of anilines is 6. The molecule has 0 fully saturated rings. The molecule has 1 aliphatic heterocycles. The van der Waals surface area contributed by atoms with Crippen LogP contribution in [0.2, 0.25) is 0 Å². The Morgan fingerprint density at radius 2 is 1.07 bits per heavy atom. The monoisotopic (exact) mass is 753 g/mol. The molecule has 14 nitrogen and oxygen atoms in total. The second-order valence-corrected chi connectivity index (χ2v) is 13.6. The van der Waals surface area contributed by atoms with Crippen LogP contribution in [0.1, 0.15) is 39.5 Å². The van der Waals surface area contributed by atoms with E-state index in [1.165, 1.54) is 18.7 Å². The molecule has 4 aromatic carbocycles. The van der Waals surface area contributed by atoms with Crippen molar-refractivity contribution in [3.8, 4) is 0 Å². The van der Waals surface area contributed by atoms with Gasteiger partial charge in [0.15, 0.2) is 0 Å². The summed E-state index contributed by atoms with van der Waals surface area (Å²) in [6.07, 6.45) is 12.6. The molecule has 5 aromatic rings. The third-order valence-electron chi connectivity index (χ3n) is 9.00. The van der Waals surface area contributed by atoms with Crippen LogP contribution in [0.15, 0.2) is 142 Å². The zero-order valence-corrected chi connectivity index (χ0v) is 32.2. The second kappa shape index (κ2) is 19.0. The largest absolute Gasteiger partial charge is 0.524 e. The quantitative estimate of drug-likeness (QED) is 0.0397. The Morgan fingerprint density at radius 1 is 0.607 bits per heavy atom. The standard InChI is InChI=1S/C42H46N12O2/c1-31(55)43-33-9-13-35(14-10-33)45-37-17-21-39(22-18-37)47-49-41-51(3)27-29-53(41)25-7-5-6-8-26-54-30-28-52(4)42(54)50-48-40-23-19-38(20-24-40)46-36-15-11-34(12-16-36)44-32(2)56/h9-24,27-30H,5-8,25-26H2,1-4H3,(H2,43,44,47,48,55,56)/p+3. The van der Waals surface area contributed by atoms with Gasteiger partial charge in [-0.05, 0) is 121 Å². The van der Waals surface area contributed by atoms with Gasteiger partial charge in [0.1, 0.15) is 28.9 Å². The van der Waals surface area contributed by atoms with Gasteiger partial charge in [-0.3, -0.25) is 9.59 Å². The molecule has 1 atom stereocenters. The Morgan fingerprint density at radius 3 is 1.59 bits per heavy atom. The van der Waals surface area contributed by atoms with E-state index in [1.54, 1.807) is 0 Å². The lowest BCUT2D eigenvalue weighted by Gasteiger charge is -2.08. The number of rotatable bonds is 16. The number of carbonyl (C=O) groups is 2. The molecule has 0 radical (unpaired) electrons. The number of amides is 2. The minimum atomic E-state index is -0.0951. The number of nitrogens with one attached hydrogen (secondary N) is 5. The number of nitrogens with zero attached hydrogens (tertiary/aromatic N) is 7. The van der Waals surface area contributed by atoms with Gasteiger partial charge in [-0.2, -0.15) is 9.48 Å². The fourth-order valence-corrected chi connectivity index (χ4v) is 6.12. The molecule has 2 amide bonds. The van der Waals surface area contributed by atoms with Crippen LogP contribution in [0.5, 0.6) is 0 Å². The highest BCUT2D eigenvalue weighted by molar-refractivity contribution is 5.89. The summed E-state index contributed by atoms with van der Waals surface area (Å²) in [5.74, 6) is 1.48. The Bertz CT molecular complexity index is 2220. The highest BCUT2D eigenvalue weighted by Crippen LogP contribution is 2.24. The van der Waals surface area contributed by atoms with E-state index < -0.39 is 0 Å². The number of unbranched alkanes of at least 4 members (excludes halogenated alkanes) is 3. The molecular weight excluding hydrogens is 705 g/mol. The minimum absolute atomic E-state index is 0.0943. The molecule has 0 saturated heterocycles. The van der Waals surface area contributed by atoms with Gasteiger partial charge in [0.2, 0.25) is 11.8 Å². The second-order valence-electron chi connectivity index (χ2n) is 13.6. The number of aryl methyl sites for hydroxylation is 2. The number of aromatic nitrogens is 2. The van der Waals surface area contributed by atoms with Crippen LogP contribution >= 0.6 is 0 Å². The smallest absolute Gasteiger partial charge is 0.356 e. The average molecular weight is 754 g/mol. The number of azo groups is 2. The van der Waals surface area contributed by atoms with Gasteiger partial charge < -0.3 is 21.3 Å². The van der Waals surface area contributed by atoms with Crippen LogP contribution < -0.4 is 30.7 Å². The lowest BCUT2D eigenvalue weighted by molar-refractivity contribution is -0.760. The van der Waals surface area contributed by atoms with Gasteiger partial charge >= 0.3 is 11.9 Å². The van der Waals surface area contributed by atoms with E-state index in [0.29, 0.717) is 0 Å². The van der Waals surface area contributed by atoms with Crippen molar-refractivity contribution in [1.82, 2.24) is 4.57 Å². The van der Waals surface area contributed by atoms with E-state index in [-0.39, 0.29) is 11.8 Å². The summed E-state index contributed by atoms with van der Waals surface area (Å²) >= 11 is 0. The van der Waals surface area contributed by atoms with Crippen molar-refractivity contribution >= 4 is 69.2 Å². The molecule has 0 aliphatic carbocycles. The van der Waals surface area contributed by atoms with Crippen molar-refractivity contribution in [1.29, 1.82) is 0 Å². The zero-order chi connectivity index (χ0) is 39.3. The Labute approximate surface area is 327 Å². The summed E-state index contributed by atoms with van der Waals surface area (Å²) in [5, 5.41) is 30.5. The Hall–Kier alpha value is -6.80. The molecule has 6 rings (SSSR count). The molecule has 56 heavy (non-hydrogen) atoms. The van der Waals surface area contributed by atoms with Gasteiger partial charge in [0.25, 0.3) is 0 Å². The molecule has 1 aromatic heterocycles. The Kier molecular flexibility index (Phi) is 13.2. The fraction of sp³-hybridized carbons (Fsp3) is 0.238. The van der Waals surface area contributed by atoms with Crippen LogP contribution in [0.4, 0.5) is 51.4 Å². The summed E-state index contributed by atoms with van der Waals surface area (Å²) in [6.45, 7) is 4.79. The van der Waals surface area contributed by atoms with Crippen LogP contribution in [0, 0.1) is 0 Å². The first-order valence-corrected chi connectivity index (χ1v) is 18.7. The summed E-state index contributed by atoms with van der Waals surface area (Å²) < 4.78 is 6.15. The van der Waals surface area contributed by atoms with Crippen LogP contribution in [0.25, 0.3) is 0 Å². The topological polar surface area (TPSA) is 148 Å². The number of carbonyl (C=O) groups excluding carboxylic acids is 2. The summed E-state index contributed by atoms with van der Waals surface area (Å²) in [4.78, 5) is 23.7. The molecule has 14 heteroatoms. The number of quaternary nitrogens is 1. The Balaban J connectivity index is 0.916. The van der Waals surface area contributed by atoms with Crippen molar-refractivity contribution in [2.45, 2.75) is 46.1 Å². The summed E-state index contributed by atoms with van der Waals surface area (Å²) in [6, 6.07) is 30.7. The van der Waals surface area contributed by atoms with Crippen molar-refractivity contribution in [2.24, 2.45) is 27.5 Å². The van der Waals surface area contributed by atoms with Crippen molar-refractivity contribution in [2.75, 3.05) is 34.9 Å². The lowest BCUT2D eigenvalue weighted by Crippen LogP contribution is -3.09. The zero-order valence-electron chi connectivity index (χ0n) is 32.2. The first kappa shape index (κ1) is 38.9. The van der Waals surface area contributed by atoms with E-state index in [9.17, 15) is 9.59 Å². The average Bonchev–Trinajstić information content (AvgIpc) is 3.73. The lowest BCUT2D eigenvalue weighted by atomic mass is 10.2. The normalized spacial score (nSPS) is 13.8. The van der Waals surface area contributed by atoms with E-state index in [2.05, 4.69) is 58.7 Å². The van der Waals surface area contributed by atoms with E-state index in [4.69, 9.17) is 0 Å². The van der Waals surface area contributed by atoms with Crippen molar-refractivity contribution in [3.05, 3.63) is 122 Å². The highest BCUT2D eigenvalue weighted by atomic mass is 16.2. The van der Waals surface area contributed by atoms with Gasteiger partial charge in [0, 0.05) is 53.1 Å². The van der Waals surface area contributed by atoms with Gasteiger partial charge in [0.05, 0.1) is 39.6 Å². The van der Waals surface area contributed by atoms with E-state index in [1.807, 2.05) is 133 Å². The summed E-state index contributed by atoms with van der Waals surface area (Å²) in [5.41, 5.74) is 6.76. The van der Waals surface area contributed by atoms with E-state index in [0.717, 1.165) is 96.2 Å². The van der Waals surface area contributed by atoms with Crippen LogP contribution in [0.3, 0.4) is 0 Å². The van der Waals surface area contributed by atoms with Gasteiger partial charge in [-0.25, -0.2) is 9.13 Å². The maximum atomic E-state index is 11.3. The molecule has 0 bridgehead atoms. The van der Waals surface area contributed by atoms with Crippen molar-refractivity contribution in [3.63, 3.8) is 0 Å². The SMILES string of the molecule is CC(=O)Nc1ccc(Nc2ccc(N=NC3=[N+](C)C=C[NH+]3CCCCCCn3cc[n+](C)c3N=Nc3ccc(Nc4ccc(NC(C)=O)cc4)cc3)cc2)cc1. The molecule has 286 valence electrons. The first-order valence-electron chi connectivity index (χ1n) is 18.7. The number of hydrogen-bond donors (Lipinski definition) is 5. The fourth-order valence-electron chi connectivity index (χ4n) is 6.12. The number of imidazole rings is 1. The molecule has 0 spiro atoms. The third-order valence-corrected chi connectivity index (χ3v) is 9.00. The minimum Gasteiger partial charge on any atom is -0.356 e. The highest BCUT2D eigenvalue weighted by Gasteiger charge is 2.30. The molecule has 0 saturated carbocycles. The van der Waals surface area contributed by atoms with Crippen molar-refractivity contribution < 1.29 is 23.6 Å². The predicted octanol–water partition coefficient (Wildman–Crippen LogP) is 7.84. The maximum Gasteiger partial charge on any atom is 0.524 e. The molecule has 5 N–H and O–H groups in total. The maximum absolute atomic E-state index is 11.3. The third kappa shape index (κ3) is 11.4. The molecular formula is C42H49N12O2+3. The molecule has 2 heterocycles. The number of benzene rings is 4. The molecule has 1 aliphatic rings. The number of guanidine groups is 1. The molecule has 1 unspecified atom stereocenters. The predicted molar refractivity (Wildman–Crippen MR) is 220 cm³/mol.